The number of benzene rings is 1. The largest absolute Gasteiger partial charge is 0.396 e. The molecule has 0 atom stereocenters. The highest BCUT2D eigenvalue weighted by Crippen LogP contribution is 2.11. The Bertz CT molecular complexity index is 248. The van der Waals surface area contributed by atoms with Crippen LogP contribution in [0.25, 0.3) is 0 Å². The lowest BCUT2D eigenvalue weighted by Gasteiger charge is -2.01. The van der Waals surface area contributed by atoms with Gasteiger partial charge in [0.2, 0.25) is 0 Å². The fourth-order valence-electron chi connectivity index (χ4n) is 0.885. The third kappa shape index (κ3) is 1.91. The minimum Gasteiger partial charge on any atom is -0.396 e. The lowest BCUT2D eigenvalue weighted by molar-refractivity contribution is 0.628. The van der Waals surface area contributed by atoms with Gasteiger partial charge in [0.25, 0.3) is 0 Å². The van der Waals surface area contributed by atoms with Gasteiger partial charge in [0.05, 0.1) is 5.69 Å². The average molecular weight is 154 g/mol. The number of rotatable bonds is 2. The van der Waals surface area contributed by atoms with E-state index in [0.717, 1.165) is 5.56 Å². The van der Waals surface area contributed by atoms with Crippen molar-refractivity contribution >= 4 is 5.69 Å². The molecule has 11 heavy (non-hydrogen) atoms. The standard InChI is InChI=1S/C8H11FN2/c1-11-5-6-2-3-8(10)7(9)4-6/h2-4,11H,5,10H2,1H3. The highest BCUT2D eigenvalue weighted by atomic mass is 19.1. The van der Waals surface area contributed by atoms with Crippen molar-refractivity contribution in [3.8, 4) is 0 Å². The summed E-state index contributed by atoms with van der Waals surface area (Å²) in [5.74, 6) is -0.349. The monoisotopic (exact) mass is 154 g/mol. The van der Waals surface area contributed by atoms with E-state index in [4.69, 9.17) is 5.73 Å². The summed E-state index contributed by atoms with van der Waals surface area (Å²) in [4.78, 5) is 0. The molecule has 1 aromatic carbocycles. The number of nitrogens with two attached hydrogens (primary N) is 1. The van der Waals surface area contributed by atoms with Crippen molar-refractivity contribution in [2.24, 2.45) is 0 Å². The molecule has 60 valence electrons. The number of anilines is 1. The normalized spacial score (nSPS) is 10.0. The van der Waals surface area contributed by atoms with E-state index in [-0.39, 0.29) is 11.5 Å². The van der Waals surface area contributed by atoms with Crippen molar-refractivity contribution in [3.05, 3.63) is 29.6 Å². The Hall–Kier alpha value is -1.09. The summed E-state index contributed by atoms with van der Waals surface area (Å²) in [5.41, 5.74) is 6.39. The molecule has 0 amide bonds. The van der Waals surface area contributed by atoms with Crippen LogP contribution in [0.2, 0.25) is 0 Å². The molecule has 0 spiro atoms. The van der Waals surface area contributed by atoms with Crippen molar-refractivity contribution < 1.29 is 4.39 Å². The highest BCUT2D eigenvalue weighted by molar-refractivity contribution is 5.41. The van der Waals surface area contributed by atoms with Crippen LogP contribution in [-0.4, -0.2) is 7.05 Å². The zero-order chi connectivity index (χ0) is 8.27. The van der Waals surface area contributed by atoms with Gasteiger partial charge in [0, 0.05) is 6.54 Å². The van der Waals surface area contributed by atoms with Crippen LogP contribution in [-0.2, 0) is 6.54 Å². The molecule has 0 aliphatic heterocycles. The van der Waals surface area contributed by atoms with Gasteiger partial charge in [-0.25, -0.2) is 4.39 Å². The first kappa shape index (κ1) is 8.01. The second-order valence-corrected chi connectivity index (χ2v) is 2.39. The molecular formula is C8H11FN2. The van der Waals surface area contributed by atoms with Gasteiger partial charge in [-0.15, -0.1) is 0 Å². The third-order valence-corrected chi connectivity index (χ3v) is 1.45. The molecule has 0 aliphatic rings. The quantitative estimate of drug-likeness (QED) is 0.626. The zero-order valence-corrected chi connectivity index (χ0v) is 6.39. The fraction of sp³-hybridized carbons (Fsp3) is 0.250. The van der Waals surface area contributed by atoms with E-state index in [1.165, 1.54) is 6.07 Å². The Morgan fingerprint density at radius 1 is 1.55 bits per heavy atom. The zero-order valence-electron chi connectivity index (χ0n) is 6.39. The Morgan fingerprint density at radius 3 is 2.82 bits per heavy atom. The molecule has 0 fully saturated rings. The summed E-state index contributed by atoms with van der Waals surface area (Å²) in [5, 5.41) is 2.92. The van der Waals surface area contributed by atoms with Gasteiger partial charge in [0.1, 0.15) is 5.82 Å². The summed E-state index contributed by atoms with van der Waals surface area (Å²) in [6, 6.07) is 4.81. The molecule has 0 radical (unpaired) electrons. The Labute approximate surface area is 65.2 Å². The summed E-state index contributed by atoms with van der Waals surface area (Å²) in [6.07, 6.45) is 0. The minimum atomic E-state index is -0.349. The van der Waals surface area contributed by atoms with Crippen molar-refractivity contribution in [3.63, 3.8) is 0 Å². The molecule has 3 heteroatoms. The van der Waals surface area contributed by atoms with Gasteiger partial charge in [-0.2, -0.15) is 0 Å². The van der Waals surface area contributed by atoms with Gasteiger partial charge in [-0.05, 0) is 24.7 Å². The molecule has 3 N–H and O–H groups in total. The SMILES string of the molecule is CNCc1ccc(N)c(F)c1. The predicted molar refractivity (Wildman–Crippen MR) is 43.6 cm³/mol. The molecule has 0 aliphatic carbocycles. The van der Waals surface area contributed by atoms with Crippen LogP contribution in [0.1, 0.15) is 5.56 Å². The van der Waals surface area contributed by atoms with Crippen LogP contribution in [0, 0.1) is 5.82 Å². The van der Waals surface area contributed by atoms with Crippen molar-refractivity contribution in [1.82, 2.24) is 5.32 Å². The summed E-state index contributed by atoms with van der Waals surface area (Å²) >= 11 is 0. The van der Waals surface area contributed by atoms with E-state index in [2.05, 4.69) is 5.32 Å². The number of hydrogen-bond donors (Lipinski definition) is 2. The van der Waals surface area contributed by atoms with Crippen LogP contribution in [0.4, 0.5) is 10.1 Å². The fourth-order valence-corrected chi connectivity index (χ4v) is 0.885. The Kier molecular flexibility index (Phi) is 2.44. The molecule has 0 heterocycles. The smallest absolute Gasteiger partial charge is 0.146 e. The van der Waals surface area contributed by atoms with Crippen molar-refractivity contribution in [2.45, 2.75) is 6.54 Å². The van der Waals surface area contributed by atoms with Crippen LogP contribution in [0.3, 0.4) is 0 Å². The van der Waals surface area contributed by atoms with Crippen molar-refractivity contribution in [1.29, 1.82) is 0 Å². The highest BCUT2D eigenvalue weighted by Gasteiger charge is 1.97. The van der Waals surface area contributed by atoms with Crippen LogP contribution < -0.4 is 11.1 Å². The van der Waals surface area contributed by atoms with Crippen LogP contribution in [0.15, 0.2) is 18.2 Å². The third-order valence-electron chi connectivity index (χ3n) is 1.45. The molecule has 0 bridgehead atoms. The molecular weight excluding hydrogens is 143 g/mol. The number of hydrogen-bond acceptors (Lipinski definition) is 2. The van der Waals surface area contributed by atoms with E-state index in [1.54, 1.807) is 12.1 Å². The molecule has 0 aromatic heterocycles. The lowest BCUT2D eigenvalue weighted by atomic mass is 10.2. The van der Waals surface area contributed by atoms with E-state index in [0.29, 0.717) is 6.54 Å². The summed E-state index contributed by atoms with van der Waals surface area (Å²) < 4.78 is 12.7. The number of halogens is 1. The van der Waals surface area contributed by atoms with E-state index in [9.17, 15) is 4.39 Å². The van der Waals surface area contributed by atoms with Gasteiger partial charge < -0.3 is 11.1 Å². The first-order chi connectivity index (χ1) is 5.24. The maximum atomic E-state index is 12.7. The molecule has 2 nitrogen and oxygen atoms in total. The molecule has 1 aromatic rings. The Morgan fingerprint density at radius 2 is 2.27 bits per heavy atom. The summed E-state index contributed by atoms with van der Waals surface area (Å²) in [6.45, 7) is 0.664. The maximum Gasteiger partial charge on any atom is 0.146 e. The number of nitrogens with one attached hydrogen (secondary N) is 1. The van der Waals surface area contributed by atoms with Gasteiger partial charge >= 0.3 is 0 Å². The average Bonchev–Trinajstić information content (AvgIpc) is 1.98. The predicted octanol–water partition coefficient (Wildman–Crippen LogP) is 1.13. The minimum absolute atomic E-state index is 0.199. The molecule has 1 rings (SSSR count). The number of nitrogen functional groups attached to an aromatic ring is 1. The van der Waals surface area contributed by atoms with Gasteiger partial charge in [-0.1, -0.05) is 6.07 Å². The van der Waals surface area contributed by atoms with Crippen molar-refractivity contribution in [2.75, 3.05) is 12.8 Å². The molecule has 0 saturated heterocycles. The molecule has 0 unspecified atom stereocenters. The van der Waals surface area contributed by atoms with E-state index >= 15 is 0 Å². The Balaban J connectivity index is 2.86. The van der Waals surface area contributed by atoms with E-state index in [1.807, 2.05) is 7.05 Å². The first-order valence-corrected chi connectivity index (χ1v) is 3.42. The van der Waals surface area contributed by atoms with Gasteiger partial charge in [0.15, 0.2) is 0 Å². The molecule has 0 saturated carbocycles. The second-order valence-electron chi connectivity index (χ2n) is 2.39. The van der Waals surface area contributed by atoms with E-state index < -0.39 is 0 Å². The van der Waals surface area contributed by atoms with Gasteiger partial charge in [-0.3, -0.25) is 0 Å². The topological polar surface area (TPSA) is 38.0 Å². The lowest BCUT2D eigenvalue weighted by Crippen LogP contribution is -2.05. The summed E-state index contributed by atoms with van der Waals surface area (Å²) in [7, 11) is 1.81. The van der Waals surface area contributed by atoms with Crippen LogP contribution in [0.5, 0.6) is 0 Å². The maximum absolute atomic E-state index is 12.7. The second kappa shape index (κ2) is 3.34. The first-order valence-electron chi connectivity index (χ1n) is 3.42. The van der Waals surface area contributed by atoms with Crippen LogP contribution >= 0.6 is 0 Å².